The summed E-state index contributed by atoms with van der Waals surface area (Å²) < 4.78 is 0. The quantitative estimate of drug-likeness (QED) is 0.780. The van der Waals surface area contributed by atoms with Gasteiger partial charge in [0.05, 0.1) is 6.54 Å². The van der Waals surface area contributed by atoms with Crippen molar-refractivity contribution >= 4 is 11.7 Å². The lowest BCUT2D eigenvalue weighted by Gasteiger charge is -2.20. The maximum atomic E-state index is 11.6. The third-order valence-corrected chi connectivity index (χ3v) is 3.30. The van der Waals surface area contributed by atoms with Gasteiger partial charge in [0.1, 0.15) is 0 Å². The van der Waals surface area contributed by atoms with Crippen molar-refractivity contribution in [3.63, 3.8) is 0 Å². The van der Waals surface area contributed by atoms with Crippen LogP contribution in [0.25, 0.3) is 0 Å². The van der Waals surface area contributed by atoms with Gasteiger partial charge in [-0.2, -0.15) is 0 Å². The molecule has 0 bridgehead atoms. The highest BCUT2D eigenvalue weighted by molar-refractivity contribution is 5.87. The van der Waals surface area contributed by atoms with Crippen molar-refractivity contribution in [2.45, 2.75) is 52.4 Å². The van der Waals surface area contributed by atoms with Gasteiger partial charge >= 0.3 is 0 Å². The Morgan fingerprint density at radius 1 is 1.19 bits per heavy atom. The zero-order valence-electron chi connectivity index (χ0n) is 10.4. The van der Waals surface area contributed by atoms with E-state index in [1.54, 1.807) is 0 Å². The van der Waals surface area contributed by atoms with Crippen molar-refractivity contribution < 1.29 is 9.59 Å². The molecule has 0 radical (unpaired) electrons. The van der Waals surface area contributed by atoms with E-state index < -0.39 is 0 Å². The van der Waals surface area contributed by atoms with Gasteiger partial charge in [-0.3, -0.25) is 9.59 Å². The molecule has 0 aromatic heterocycles. The second kappa shape index (κ2) is 6.66. The lowest BCUT2D eigenvalue weighted by molar-refractivity contribution is -0.127. The van der Waals surface area contributed by atoms with Gasteiger partial charge in [-0.1, -0.05) is 33.1 Å². The molecule has 0 unspecified atom stereocenters. The van der Waals surface area contributed by atoms with E-state index in [1.165, 1.54) is 32.1 Å². The second-order valence-electron chi connectivity index (χ2n) is 5.11. The fraction of sp³-hybridized carbons (Fsp3) is 0.846. The first kappa shape index (κ1) is 13.2. The molecule has 1 aliphatic rings. The summed E-state index contributed by atoms with van der Waals surface area (Å²) >= 11 is 0. The number of hydrogen-bond donors (Lipinski definition) is 1. The molecule has 0 saturated heterocycles. The van der Waals surface area contributed by atoms with Gasteiger partial charge in [0, 0.05) is 12.3 Å². The van der Waals surface area contributed by atoms with E-state index in [2.05, 4.69) is 5.32 Å². The summed E-state index contributed by atoms with van der Waals surface area (Å²) in [5, 5.41) is 2.72. The molecule has 0 heterocycles. The minimum Gasteiger partial charge on any atom is -0.349 e. The zero-order valence-corrected chi connectivity index (χ0v) is 10.4. The highest BCUT2D eigenvalue weighted by Crippen LogP contribution is 2.25. The fourth-order valence-electron chi connectivity index (χ4n) is 2.12. The summed E-state index contributed by atoms with van der Waals surface area (Å²) in [5.74, 6) is 0.704. The molecule has 0 spiro atoms. The van der Waals surface area contributed by atoms with Crippen LogP contribution in [-0.2, 0) is 9.59 Å². The minimum absolute atomic E-state index is 0.00924. The average molecular weight is 225 g/mol. The Morgan fingerprint density at radius 2 is 1.81 bits per heavy atom. The van der Waals surface area contributed by atoms with E-state index in [0.29, 0.717) is 12.3 Å². The summed E-state index contributed by atoms with van der Waals surface area (Å²) in [6.45, 7) is 3.91. The molecule has 0 atom stereocenters. The molecular weight excluding hydrogens is 202 g/mol. The standard InChI is InChI=1S/C13H23NO2/c1-10(2)12(15)9-14-13(16)8-11-6-4-3-5-7-11/h10-11H,3-9H2,1-2H3,(H,14,16). The molecule has 0 aliphatic heterocycles. The van der Waals surface area contributed by atoms with Gasteiger partial charge in [-0.25, -0.2) is 0 Å². The van der Waals surface area contributed by atoms with Gasteiger partial charge < -0.3 is 5.32 Å². The number of ketones is 1. The number of nitrogens with one attached hydrogen (secondary N) is 1. The number of carbonyl (C=O) groups excluding carboxylic acids is 2. The van der Waals surface area contributed by atoms with Crippen LogP contribution >= 0.6 is 0 Å². The SMILES string of the molecule is CC(C)C(=O)CNC(=O)CC1CCCCC1. The van der Waals surface area contributed by atoms with Crippen LogP contribution < -0.4 is 5.32 Å². The molecule has 0 aromatic rings. The summed E-state index contributed by atoms with van der Waals surface area (Å²) in [4.78, 5) is 22.9. The zero-order chi connectivity index (χ0) is 12.0. The van der Waals surface area contributed by atoms with Gasteiger partial charge in [0.25, 0.3) is 0 Å². The van der Waals surface area contributed by atoms with Gasteiger partial charge in [-0.05, 0) is 18.8 Å². The third-order valence-electron chi connectivity index (χ3n) is 3.30. The van der Waals surface area contributed by atoms with Crippen molar-refractivity contribution in [2.24, 2.45) is 11.8 Å². The Kier molecular flexibility index (Phi) is 5.50. The van der Waals surface area contributed by atoms with Crippen LogP contribution in [-0.4, -0.2) is 18.2 Å². The highest BCUT2D eigenvalue weighted by atomic mass is 16.2. The molecule has 3 nitrogen and oxygen atoms in total. The van der Waals surface area contributed by atoms with Crippen molar-refractivity contribution in [1.29, 1.82) is 0 Å². The van der Waals surface area contributed by atoms with Gasteiger partial charge in [0.2, 0.25) is 5.91 Å². The van der Waals surface area contributed by atoms with Crippen LogP contribution in [0.4, 0.5) is 0 Å². The van der Waals surface area contributed by atoms with Crippen LogP contribution in [0.1, 0.15) is 52.4 Å². The Balaban J connectivity index is 2.17. The van der Waals surface area contributed by atoms with Gasteiger partial charge in [-0.15, -0.1) is 0 Å². The second-order valence-corrected chi connectivity index (χ2v) is 5.11. The predicted octanol–water partition coefficient (Wildman–Crippen LogP) is 2.30. The highest BCUT2D eigenvalue weighted by Gasteiger charge is 2.17. The maximum Gasteiger partial charge on any atom is 0.220 e. The molecular formula is C13H23NO2. The first-order valence-corrected chi connectivity index (χ1v) is 6.39. The normalized spacial score (nSPS) is 17.4. The van der Waals surface area contributed by atoms with E-state index in [1.807, 2.05) is 13.8 Å². The first-order valence-electron chi connectivity index (χ1n) is 6.39. The number of rotatable bonds is 5. The smallest absolute Gasteiger partial charge is 0.220 e. The summed E-state index contributed by atoms with van der Waals surface area (Å²) in [6, 6.07) is 0. The van der Waals surface area contributed by atoms with Crippen LogP contribution in [0.3, 0.4) is 0 Å². The monoisotopic (exact) mass is 225 g/mol. The van der Waals surface area contributed by atoms with Crippen LogP contribution in [0.15, 0.2) is 0 Å². The van der Waals surface area contributed by atoms with E-state index in [4.69, 9.17) is 0 Å². The van der Waals surface area contributed by atoms with Crippen LogP contribution in [0.2, 0.25) is 0 Å². The molecule has 1 saturated carbocycles. The molecule has 1 aliphatic carbocycles. The number of amides is 1. The Hall–Kier alpha value is -0.860. The molecule has 0 aromatic carbocycles. The number of carbonyl (C=O) groups is 2. The van der Waals surface area contributed by atoms with E-state index >= 15 is 0 Å². The topological polar surface area (TPSA) is 46.2 Å². The molecule has 1 N–H and O–H groups in total. The average Bonchev–Trinajstić information content (AvgIpc) is 2.27. The van der Waals surface area contributed by atoms with E-state index in [-0.39, 0.29) is 24.2 Å². The lowest BCUT2D eigenvalue weighted by atomic mass is 9.87. The van der Waals surface area contributed by atoms with Crippen molar-refractivity contribution in [1.82, 2.24) is 5.32 Å². The van der Waals surface area contributed by atoms with Crippen molar-refractivity contribution in [2.75, 3.05) is 6.54 Å². The fourth-order valence-corrected chi connectivity index (χ4v) is 2.12. The van der Waals surface area contributed by atoms with E-state index in [0.717, 1.165) is 0 Å². The largest absolute Gasteiger partial charge is 0.349 e. The number of Topliss-reactive ketones (excluding diaryl/α,β-unsaturated/α-hetero) is 1. The molecule has 1 amide bonds. The summed E-state index contributed by atoms with van der Waals surface area (Å²) in [6.07, 6.45) is 6.76. The molecule has 1 rings (SSSR count). The maximum absolute atomic E-state index is 11.6. The van der Waals surface area contributed by atoms with Crippen molar-refractivity contribution in [3.8, 4) is 0 Å². The van der Waals surface area contributed by atoms with Crippen molar-refractivity contribution in [3.05, 3.63) is 0 Å². The predicted molar refractivity (Wildman–Crippen MR) is 64.0 cm³/mol. The Morgan fingerprint density at radius 3 is 2.38 bits per heavy atom. The molecule has 16 heavy (non-hydrogen) atoms. The molecule has 1 fully saturated rings. The lowest BCUT2D eigenvalue weighted by Crippen LogP contribution is -2.32. The molecule has 92 valence electrons. The Labute approximate surface area is 98.0 Å². The van der Waals surface area contributed by atoms with Crippen LogP contribution in [0.5, 0.6) is 0 Å². The Bertz CT molecular complexity index is 242. The number of hydrogen-bond acceptors (Lipinski definition) is 2. The third kappa shape index (κ3) is 4.77. The van der Waals surface area contributed by atoms with Crippen LogP contribution in [0, 0.1) is 11.8 Å². The molecule has 3 heteroatoms. The van der Waals surface area contributed by atoms with Gasteiger partial charge in [0.15, 0.2) is 5.78 Å². The summed E-state index contributed by atoms with van der Waals surface area (Å²) in [5.41, 5.74) is 0. The summed E-state index contributed by atoms with van der Waals surface area (Å²) in [7, 11) is 0. The minimum atomic E-state index is 0.00924. The van der Waals surface area contributed by atoms with E-state index in [9.17, 15) is 9.59 Å². The first-order chi connectivity index (χ1) is 7.59.